The van der Waals surface area contributed by atoms with Crippen LogP contribution in [0.2, 0.25) is 0 Å². The first-order valence-electron chi connectivity index (χ1n) is 9.53. The molecule has 0 aliphatic rings. The van der Waals surface area contributed by atoms with E-state index in [9.17, 15) is 9.59 Å². The predicted molar refractivity (Wildman–Crippen MR) is 113 cm³/mol. The summed E-state index contributed by atoms with van der Waals surface area (Å²) in [7, 11) is 0. The molecule has 0 heterocycles. The molecule has 1 aromatic rings. The summed E-state index contributed by atoms with van der Waals surface area (Å²) in [6, 6.07) is 5.15. The van der Waals surface area contributed by atoms with E-state index < -0.39 is 23.4 Å². The van der Waals surface area contributed by atoms with Crippen molar-refractivity contribution < 1.29 is 19.1 Å². The lowest BCUT2D eigenvalue weighted by Gasteiger charge is -2.21. The van der Waals surface area contributed by atoms with Gasteiger partial charge in [0.05, 0.1) is 16.9 Å². The maximum Gasteiger partial charge on any atom is 0.412 e. The van der Waals surface area contributed by atoms with Crippen molar-refractivity contribution in [3.05, 3.63) is 23.8 Å². The van der Waals surface area contributed by atoms with Gasteiger partial charge in [-0.05, 0) is 60.1 Å². The first kappa shape index (κ1) is 23.4. The van der Waals surface area contributed by atoms with Gasteiger partial charge in [-0.25, -0.2) is 9.59 Å². The zero-order chi connectivity index (χ0) is 21.4. The van der Waals surface area contributed by atoms with Gasteiger partial charge >= 0.3 is 12.2 Å². The van der Waals surface area contributed by atoms with Gasteiger partial charge < -0.3 is 9.47 Å². The Kier molecular flexibility index (Phi) is 8.36. The summed E-state index contributed by atoms with van der Waals surface area (Å²) in [5.41, 5.74) is 0.196. The molecule has 6 heteroatoms. The zero-order valence-corrected chi connectivity index (χ0v) is 18.0. The van der Waals surface area contributed by atoms with Crippen LogP contribution in [0.1, 0.15) is 73.3 Å². The molecule has 0 saturated heterocycles. The van der Waals surface area contributed by atoms with Crippen LogP contribution in [0.3, 0.4) is 0 Å². The fraction of sp³-hybridized carbons (Fsp3) is 0.545. The van der Waals surface area contributed by atoms with Crippen LogP contribution in [0.15, 0.2) is 18.2 Å². The number of rotatable bonds is 4. The van der Waals surface area contributed by atoms with Crippen molar-refractivity contribution in [3.63, 3.8) is 0 Å². The summed E-state index contributed by atoms with van der Waals surface area (Å²) < 4.78 is 10.6. The quantitative estimate of drug-likeness (QED) is 0.496. The first-order valence-corrected chi connectivity index (χ1v) is 9.53. The molecular weight excluding hydrogens is 356 g/mol. The Morgan fingerprint density at radius 2 is 1.39 bits per heavy atom. The van der Waals surface area contributed by atoms with Crippen LogP contribution in [0.5, 0.6) is 0 Å². The number of ether oxygens (including phenoxy) is 2. The number of amides is 2. The number of unbranched alkanes of at least 4 members (excludes halogenated alkanes) is 2. The van der Waals surface area contributed by atoms with E-state index in [1.54, 1.807) is 59.7 Å². The number of hydrogen-bond acceptors (Lipinski definition) is 4. The Morgan fingerprint density at radius 1 is 0.929 bits per heavy atom. The Labute approximate surface area is 168 Å². The van der Waals surface area contributed by atoms with Gasteiger partial charge in [-0.15, -0.1) is 0 Å². The summed E-state index contributed by atoms with van der Waals surface area (Å²) in [6.45, 7) is 12.8. The first-order chi connectivity index (χ1) is 12.9. The van der Waals surface area contributed by atoms with E-state index in [0.717, 1.165) is 19.3 Å². The van der Waals surface area contributed by atoms with E-state index in [4.69, 9.17) is 9.47 Å². The molecule has 0 bridgehead atoms. The van der Waals surface area contributed by atoms with Crippen molar-refractivity contribution in [1.82, 2.24) is 0 Å². The van der Waals surface area contributed by atoms with E-state index in [-0.39, 0.29) is 0 Å². The Balaban J connectivity index is 3.15. The molecule has 0 atom stereocenters. The predicted octanol–water partition coefficient (Wildman–Crippen LogP) is 5.92. The smallest absolute Gasteiger partial charge is 0.412 e. The van der Waals surface area contributed by atoms with Gasteiger partial charge in [0.25, 0.3) is 0 Å². The van der Waals surface area contributed by atoms with E-state index in [2.05, 4.69) is 29.4 Å². The minimum absolute atomic E-state index is 0.465. The molecule has 2 amide bonds. The second kappa shape index (κ2) is 10.0. The Morgan fingerprint density at radius 3 is 1.79 bits per heavy atom. The third-order valence-corrected chi connectivity index (χ3v) is 3.20. The van der Waals surface area contributed by atoms with E-state index in [1.165, 1.54) is 0 Å². The highest BCUT2D eigenvalue weighted by Gasteiger charge is 2.20. The van der Waals surface area contributed by atoms with Gasteiger partial charge in [0.15, 0.2) is 0 Å². The zero-order valence-electron chi connectivity index (χ0n) is 18.0. The molecule has 154 valence electrons. The van der Waals surface area contributed by atoms with E-state index in [1.807, 2.05) is 0 Å². The summed E-state index contributed by atoms with van der Waals surface area (Å²) >= 11 is 0. The highest BCUT2D eigenvalue weighted by molar-refractivity contribution is 5.93. The summed E-state index contributed by atoms with van der Waals surface area (Å²) in [5.74, 6) is 6.15. The van der Waals surface area contributed by atoms with E-state index in [0.29, 0.717) is 16.9 Å². The molecule has 1 rings (SSSR count). The van der Waals surface area contributed by atoms with Crippen LogP contribution < -0.4 is 10.6 Å². The maximum atomic E-state index is 12.2. The van der Waals surface area contributed by atoms with Crippen molar-refractivity contribution in [1.29, 1.82) is 0 Å². The lowest BCUT2D eigenvalue weighted by molar-refractivity contribution is 0.0625. The van der Waals surface area contributed by atoms with Crippen molar-refractivity contribution in [2.24, 2.45) is 0 Å². The molecule has 0 radical (unpaired) electrons. The minimum atomic E-state index is -0.622. The highest BCUT2D eigenvalue weighted by Crippen LogP contribution is 2.25. The molecule has 0 spiro atoms. The highest BCUT2D eigenvalue weighted by atomic mass is 16.6. The van der Waals surface area contributed by atoms with Gasteiger partial charge in [-0.3, -0.25) is 10.6 Å². The molecule has 0 fully saturated rings. The molecular formula is C22H32N2O4. The standard InChI is InChI=1S/C22H32N2O4/c1-8-9-10-11-13-16-17(23-19(25)27-21(2,3)4)14-12-15-18(16)24-20(26)28-22(5,6)7/h12,14-15H,8-10H2,1-7H3,(H,23,25)(H,24,26). The average Bonchev–Trinajstić information content (AvgIpc) is 2.49. The van der Waals surface area contributed by atoms with Gasteiger partial charge in [0.2, 0.25) is 0 Å². The summed E-state index contributed by atoms with van der Waals surface area (Å²) in [6.07, 6.45) is 1.57. The Bertz CT molecular complexity index is 698. The third-order valence-electron chi connectivity index (χ3n) is 3.20. The molecule has 0 aliphatic carbocycles. The van der Waals surface area contributed by atoms with Crippen LogP contribution in [0.25, 0.3) is 0 Å². The van der Waals surface area contributed by atoms with Crippen LogP contribution in [-0.2, 0) is 9.47 Å². The largest absolute Gasteiger partial charge is 0.444 e. The SMILES string of the molecule is CCCCC#Cc1c(NC(=O)OC(C)(C)C)cccc1NC(=O)OC(C)(C)C. The minimum Gasteiger partial charge on any atom is -0.444 e. The molecule has 6 nitrogen and oxygen atoms in total. The number of nitrogens with one attached hydrogen (secondary N) is 2. The average molecular weight is 389 g/mol. The second-order valence-corrected chi connectivity index (χ2v) is 8.39. The Hall–Kier alpha value is -2.68. The fourth-order valence-corrected chi connectivity index (χ4v) is 2.14. The lowest BCUT2D eigenvalue weighted by atomic mass is 10.1. The molecule has 0 aromatic heterocycles. The number of carbonyl (C=O) groups is 2. The molecule has 0 saturated carbocycles. The van der Waals surface area contributed by atoms with Crippen molar-refractivity contribution in [2.75, 3.05) is 10.6 Å². The third kappa shape index (κ3) is 9.31. The number of carbonyl (C=O) groups excluding carboxylic acids is 2. The molecule has 2 N–H and O–H groups in total. The fourth-order valence-electron chi connectivity index (χ4n) is 2.14. The van der Waals surface area contributed by atoms with Crippen molar-refractivity contribution >= 4 is 23.6 Å². The topological polar surface area (TPSA) is 76.7 Å². The molecule has 0 unspecified atom stereocenters. The lowest BCUT2D eigenvalue weighted by Crippen LogP contribution is -2.28. The molecule has 28 heavy (non-hydrogen) atoms. The number of benzene rings is 1. The monoisotopic (exact) mass is 388 g/mol. The maximum absolute atomic E-state index is 12.2. The second-order valence-electron chi connectivity index (χ2n) is 8.39. The van der Waals surface area contributed by atoms with Gasteiger partial charge in [-0.1, -0.05) is 31.3 Å². The molecule has 1 aromatic carbocycles. The molecule has 0 aliphatic heterocycles. The van der Waals surface area contributed by atoms with Gasteiger partial charge in [0, 0.05) is 6.42 Å². The van der Waals surface area contributed by atoms with Crippen molar-refractivity contribution in [2.45, 2.75) is 78.9 Å². The van der Waals surface area contributed by atoms with Crippen LogP contribution in [0, 0.1) is 11.8 Å². The normalized spacial score (nSPS) is 11.1. The van der Waals surface area contributed by atoms with Gasteiger partial charge in [0.1, 0.15) is 11.2 Å². The van der Waals surface area contributed by atoms with Gasteiger partial charge in [-0.2, -0.15) is 0 Å². The van der Waals surface area contributed by atoms with Crippen LogP contribution >= 0.6 is 0 Å². The number of anilines is 2. The summed E-state index contributed by atoms with van der Waals surface area (Å²) in [5, 5.41) is 5.43. The van der Waals surface area contributed by atoms with Crippen LogP contribution in [-0.4, -0.2) is 23.4 Å². The van der Waals surface area contributed by atoms with Crippen molar-refractivity contribution in [3.8, 4) is 11.8 Å². The number of hydrogen-bond donors (Lipinski definition) is 2. The summed E-state index contributed by atoms with van der Waals surface area (Å²) in [4.78, 5) is 24.4. The van der Waals surface area contributed by atoms with E-state index >= 15 is 0 Å². The van der Waals surface area contributed by atoms with Crippen LogP contribution in [0.4, 0.5) is 21.0 Å².